The van der Waals surface area contributed by atoms with Crippen molar-refractivity contribution in [2.24, 2.45) is 5.92 Å². The van der Waals surface area contributed by atoms with Crippen molar-refractivity contribution in [3.8, 4) is 0 Å². The Morgan fingerprint density at radius 2 is 1.88 bits per heavy atom. The van der Waals surface area contributed by atoms with Crippen molar-refractivity contribution in [1.29, 1.82) is 0 Å². The molecule has 0 radical (unpaired) electrons. The molecule has 0 saturated carbocycles. The van der Waals surface area contributed by atoms with E-state index in [0.717, 1.165) is 50.0 Å². The summed E-state index contributed by atoms with van der Waals surface area (Å²) in [5.74, 6) is 0.472. The van der Waals surface area contributed by atoms with Crippen LogP contribution in [-0.4, -0.2) is 23.8 Å². The fourth-order valence-electron chi connectivity index (χ4n) is 3.44. The number of alkyl halides is 3. The Labute approximate surface area is 141 Å². The smallest absolute Gasteiger partial charge is 0.296 e. The van der Waals surface area contributed by atoms with Crippen molar-refractivity contribution in [2.45, 2.75) is 44.8 Å². The molecule has 0 N–H and O–H groups in total. The van der Waals surface area contributed by atoms with Crippen molar-refractivity contribution < 1.29 is 18.0 Å². The summed E-state index contributed by atoms with van der Waals surface area (Å²) in [6.07, 6.45) is 0.364. The first-order valence-corrected chi connectivity index (χ1v) is 8.41. The molecule has 0 aliphatic carbocycles. The molecule has 1 fully saturated rings. The predicted molar refractivity (Wildman–Crippen MR) is 88.6 cm³/mol. The van der Waals surface area contributed by atoms with Gasteiger partial charge in [-0.3, -0.25) is 9.69 Å². The number of halogens is 3. The van der Waals surface area contributed by atoms with E-state index in [1.807, 2.05) is 0 Å². The highest BCUT2D eigenvalue weighted by Crippen LogP contribution is 2.33. The highest BCUT2D eigenvalue weighted by Gasteiger charge is 2.31. The van der Waals surface area contributed by atoms with Gasteiger partial charge in [0.05, 0.1) is 5.56 Å². The Hall–Kier alpha value is -1.62. The fraction of sp³-hybridized carbons (Fsp3) is 0.526. The number of likely N-dealkylation sites (tertiary alicyclic amines) is 1. The molecule has 1 aromatic rings. The first kappa shape index (κ1) is 18.7. The molecular weight excluding hydrogens is 315 g/mol. The molecule has 5 heteroatoms. The molecular formula is C19H24F3NO. The molecule has 0 unspecified atom stereocenters. The Bertz CT molecular complexity index is 557. The average Bonchev–Trinajstić information content (AvgIpc) is 2.56. The number of carbonyl (C=O) groups excluding carboxylic acids is 1. The SMILES string of the molecule is C=CC(=O)CC1CCN([C@H](CC)c2ccc(C(F)(F)F)cc2)CC1. The number of hydrogen-bond acceptors (Lipinski definition) is 2. The zero-order valence-corrected chi connectivity index (χ0v) is 14.0. The van der Waals surface area contributed by atoms with Gasteiger partial charge in [-0.15, -0.1) is 0 Å². The number of nitrogens with zero attached hydrogens (tertiary/aromatic N) is 1. The lowest BCUT2D eigenvalue weighted by atomic mass is 9.89. The fourth-order valence-corrected chi connectivity index (χ4v) is 3.44. The van der Waals surface area contributed by atoms with E-state index in [1.54, 1.807) is 12.1 Å². The Kier molecular flexibility index (Phi) is 6.21. The molecule has 24 heavy (non-hydrogen) atoms. The van der Waals surface area contributed by atoms with Crippen molar-refractivity contribution >= 4 is 5.78 Å². The van der Waals surface area contributed by atoms with E-state index < -0.39 is 11.7 Å². The average molecular weight is 339 g/mol. The lowest BCUT2D eigenvalue weighted by Gasteiger charge is -2.37. The van der Waals surface area contributed by atoms with Gasteiger partial charge in [-0.05, 0) is 62.0 Å². The van der Waals surface area contributed by atoms with Crippen LogP contribution in [0.5, 0.6) is 0 Å². The van der Waals surface area contributed by atoms with Gasteiger partial charge >= 0.3 is 6.18 Å². The van der Waals surface area contributed by atoms with E-state index in [9.17, 15) is 18.0 Å². The van der Waals surface area contributed by atoms with E-state index in [0.29, 0.717) is 12.3 Å². The monoisotopic (exact) mass is 339 g/mol. The number of allylic oxidation sites excluding steroid dienone is 1. The molecule has 2 nitrogen and oxygen atoms in total. The summed E-state index contributed by atoms with van der Waals surface area (Å²) in [5, 5.41) is 0. The minimum atomic E-state index is -4.30. The van der Waals surface area contributed by atoms with Crippen LogP contribution in [0.15, 0.2) is 36.9 Å². The minimum absolute atomic E-state index is 0.0863. The van der Waals surface area contributed by atoms with Gasteiger partial charge in [-0.25, -0.2) is 0 Å². The summed E-state index contributed by atoms with van der Waals surface area (Å²) in [4.78, 5) is 13.8. The predicted octanol–water partition coefficient (Wildman–Crippen LogP) is 5.01. The van der Waals surface area contributed by atoms with Gasteiger partial charge in [0, 0.05) is 12.5 Å². The standard InChI is InChI=1S/C19H24F3NO/c1-3-17(24)13-14-9-11-23(12-10-14)18(4-2)15-5-7-16(8-6-15)19(20,21)22/h3,5-8,14,18H,1,4,9-13H2,2H3/t18-/m1/s1. The summed E-state index contributed by atoms with van der Waals surface area (Å²) in [5.41, 5.74) is 0.314. The number of hydrogen-bond donors (Lipinski definition) is 0. The van der Waals surface area contributed by atoms with Crippen LogP contribution >= 0.6 is 0 Å². The van der Waals surface area contributed by atoms with E-state index >= 15 is 0 Å². The first-order chi connectivity index (χ1) is 11.3. The number of benzene rings is 1. The number of rotatable bonds is 6. The van der Waals surface area contributed by atoms with Gasteiger partial charge in [-0.2, -0.15) is 13.2 Å². The third-order valence-corrected chi connectivity index (χ3v) is 4.82. The lowest BCUT2D eigenvalue weighted by Crippen LogP contribution is -2.37. The number of ketones is 1. The summed E-state index contributed by atoms with van der Waals surface area (Å²) in [6, 6.07) is 5.62. The van der Waals surface area contributed by atoms with E-state index in [4.69, 9.17) is 0 Å². The van der Waals surface area contributed by atoms with Crippen LogP contribution in [0.2, 0.25) is 0 Å². The van der Waals surface area contributed by atoms with Crippen molar-refractivity contribution in [1.82, 2.24) is 4.90 Å². The van der Waals surface area contributed by atoms with Gasteiger partial charge in [0.2, 0.25) is 0 Å². The van der Waals surface area contributed by atoms with Crippen molar-refractivity contribution in [2.75, 3.05) is 13.1 Å². The van der Waals surface area contributed by atoms with Gasteiger partial charge in [0.15, 0.2) is 5.78 Å². The topological polar surface area (TPSA) is 20.3 Å². The van der Waals surface area contributed by atoms with Crippen LogP contribution in [0.3, 0.4) is 0 Å². The van der Waals surface area contributed by atoms with Crippen LogP contribution in [0, 0.1) is 5.92 Å². The highest BCUT2D eigenvalue weighted by molar-refractivity contribution is 5.89. The summed E-state index contributed by atoms with van der Waals surface area (Å²) in [7, 11) is 0. The maximum absolute atomic E-state index is 12.7. The van der Waals surface area contributed by atoms with Crippen LogP contribution in [0.4, 0.5) is 13.2 Å². The number of carbonyl (C=O) groups is 1. The molecule has 0 bridgehead atoms. The molecule has 1 saturated heterocycles. The van der Waals surface area contributed by atoms with Crippen LogP contribution in [0.1, 0.15) is 49.8 Å². The molecule has 1 atom stereocenters. The Balaban J connectivity index is 2.00. The van der Waals surface area contributed by atoms with Crippen LogP contribution in [0.25, 0.3) is 0 Å². The van der Waals surface area contributed by atoms with Crippen LogP contribution < -0.4 is 0 Å². The van der Waals surface area contributed by atoms with Gasteiger partial charge < -0.3 is 0 Å². The maximum atomic E-state index is 12.7. The quantitative estimate of drug-likeness (QED) is 0.679. The van der Waals surface area contributed by atoms with Gasteiger partial charge in [-0.1, -0.05) is 25.6 Å². The molecule has 132 valence electrons. The van der Waals surface area contributed by atoms with Gasteiger partial charge in [0.25, 0.3) is 0 Å². The molecule has 1 aliphatic rings. The van der Waals surface area contributed by atoms with Crippen molar-refractivity contribution in [3.05, 3.63) is 48.0 Å². The lowest BCUT2D eigenvalue weighted by molar-refractivity contribution is -0.137. The van der Waals surface area contributed by atoms with E-state index in [-0.39, 0.29) is 11.8 Å². The third-order valence-electron chi connectivity index (χ3n) is 4.82. The van der Waals surface area contributed by atoms with E-state index in [2.05, 4.69) is 18.4 Å². The summed E-state index contributed by atoms with van der Waals surface area (Å²) < 4.78 is 38.1. The molecule has 0 amide bonds. The largest absolute Gasteiger partial charge is 0.416 e. The minimum Gasteiger partial charge on any atom is -0.296 e. The Morgan fingerprint density at radius 3 is 2.33 bits per heavy atom. The van der Waals surface area contributed by atoms with Gasteiger partial charge in [0.1, 0.15) is 0 Å². The molecule has 0 spiro atoms. The summed E-state index contributed by atoms with van der Waals surface area (Å²) >= 11 is 0. The molecule has 1 heterocycles. The van der Waals surface area contributed by atoms with Crippen LogP contribution in [-0.2, 0) is 11.0 Å². The van der Waals surface area contributed by atoms with Crippen molar-refractivity contribution in [3.63, 3.8) is 0 Å². The summed E-state index contributed by atoms with van der Waals surface area (Å²) in [6.45, 7) is 7.30. The number of piperidine rings is 1. The first-order valence-electron chi connectivity index (χ1n) is 8.41. The third kappa shape index (κ3) is 4.69. The molecule has 1 aliphatic heterocycles. The molecule has 1 aromatic carbocycles. The zero-order chi connectivity index (χ0) is 17.7. The maximum Gasteiger partial charge on any atom is 0.416 e. The zero-order valence-electron chi connectivity index (χ0n) is 14.0. The second-order valence-corrected chi connectivity index (χ2v) is 6.40. The second kappa shape index (κ2) is 7.97. The normalized spacial score (nSPS) is 18.3. The second-order valence-electron chi connectivity index (χ2n) is 6.40. The van der Waals surface area contributed by atoms with E-state index in [1.165, 1.54) is 6.08 Å². The molecule has 2 rings (SSSR count). The Morgan fingerprint density at radius 1 is 1.29 bits per heavy atom. The molecule has 0 aromatic heterocycles. The highest BCUT2D eigenvalue weighted by atomic mass is 19.4.